The van der Waals surface area contributed by atoms with E-state index in [-0.39, 0.29) is 18.0 Å². The van der Waals surface area contributed by atoms with Gasteiger partial charge in [-0.2, -0.15) is 0 Å². The van der Waals surface area contributed by atoms with Gasteiger partial charge < -0.3 is 9.67 Å². The number of para-hydroxylation sites is 3. The lowest BCUT2D eigenvalue weighted by atomic mass is 10.2. The number of halogens is 1. The van der Waals surface area contributed by atoms with Gasteiger partial charge in [-0.3, -0.25) is 4.31 Å². The van der Waals surface area contributed by atoms with E-state index in [1.165, 1.54) is 16.4 Å². The number of fused-ring (bicyclic) bond motifs is 3. The van der Waals surface area contributed by atoms with Crippen molar-refractivity contribution in [3.8, 4) is 0 Å². The molecule has 1 heterocycles. The number of aliphatic hydroxyl groups is 1. The second-order valence-electron chi connectivity index (χ2n) is 8.58. The van der Waals surface area contributed by atoms with E-state index in [0.717, 1.165) is 39.5 Å². The second kappa shape index (κ2) is 9.17. The normalized spacial score (nSPS) is 12.8. The van der Waals surface area contributed by atoms with Gasteiger partial charge in [-0.15, -0.1) is 0 Å². The van der Waals surface area contributed by atoms with Gasteiger partial charge in [0.2, 0.25) is 0 Å². The number of sulfonamides is 1. The maximum absolute atomic E-state index is 13.6. The Kier molecular flexibility index (Phi) is 6.05. The van der Waals surface area contributed by atoms with Gasteiger partial charge in [0.15, 0.2) is 0 Å². The second-order valence-corrected chi connectivity index (χ2v) is 10.4. The number of nitrogens with zero attached hydrogens (tertiary/aromatic N) is 2. The van der Waals surface area contributed by atoms with Gasteiger partial charge in [0.25, 0.3) is 10.0 Å². The number of aliphatic hydroxyl groups excluding tert-OH is 1. The van der Waals surface area contributed by atoms with E-state index in [2.05, 4.69) is 0 Å². The molecule has 0 aliphatic carbocycles. The average molecular weight is 489 g/mol. The molecule has 1 N–H and O–H groups in total. The lowest BCUT2D eigenvalue weighted by Gasteiger charge is -2.28. The molecule has 0 radical (unpaired) electrons. The van der Waals surface area contributed by atoms with Gasteiger partial charge >= 0.3 is 0 Å². The molecule has 5 rings (SSSR count). The third kappa shape index (κ3) is 4.29. The van der Waals surface area contributed by atoms with Crippen LogP contribution in [0.3, 0.4) is 0 Å². The maximum Gasteiger partial charge on any atom is 0.264 e. The van der Waals surface area contributed by atoms with Crippen LogP contribution in [-0.2, 0) is 16.6 Å². The molecule has 7 heteroatoms. The number of hydrogen-bond acceptors (Lipinski definition) is 3. The molecule has 5 aromatic rings. The summed E-state index contributed by atoms with van der Waals surface area (Å²) in [6, 6.07) is 27.8. The van der Waals surface area contributed by atoms with Crippen molar-refractivity contribution in [1.82, 2.24) is 4.57 Å². The number of anilines is 1. The van der Waals surface area contributed by atoms with Crippen LogP contribution in [0.5, 0.6) is 0 Å². The van der Waals surface area contributed by atoms with E-state index in [9.17, 15) is 17.9 Å². The zero-order chi connectivity index (χ0) is 24.6. The Morgan fingerprint density at radius 1 is 0.829 bits per heavy atom. The molecule has 0 fully saturated rings. The first-order chi connectivity index (χ1) is 16.9. The molecule has 1 unspecified atom stereocenters. The van der Waals surface area contributed by atoms with Crippen LogP contribution in [0, 0.1) is 12.7 Å². The van der Waals surface area contributed by atoms with Gasteiger partial charge in [0, 0.05) is 21.8 Å². The van der Waals surface area contributed by atoms with Crippen LogP contribution in [0.15, 0.2) is 102 Å². The zero-order valence-electron chi connectivity index (χ0n) is 19.2. The molecule has 0 saturated carbocycles. The SMILES string of the molecule is Cc1ccccc1N(CC(O)Cn1c2ccccc2c2ccccc21)S(=O)(=O)c1ccc(F)cc1. The predicted octanol–water partition coefficient (Wildman–Crippen LogP) is 5.50. The summed E-state index contributed by atoms with van der Waals surface area (Å²) in [6.45, 7) is 1.86. The highest BCUT2D eigenvalue weighted by atomic mass is 32.2. The number of rotatable bonds is 7. The average Bonchev–Trinajstić information content (AvgIpc) is 3.17. The molecule has 178 valence electrons. The monoisotopic (exact) mass is 488 g/mol. The summed E-state index contributed by atoms with van der Waals surface area (Å²) < 4.78 is 44.0. The molecular formula is C28H25FN2O3S. The van der Waals surface area contributed by atoms with E-state index >= 15 is 0 Å². The molecule has 0 spiro atoms. The van der Waals surface area contributed by atoms with Crippen molar-refractivity contribution in [1.29, 1.82) is 0 Å². The minimum absolute atomic E-state index is 0.0359. The third-order valence-electron chi connectivity index (χ3n) is 6.24. The minimum Gasteiger partial charge on any atom is -0.389 e. The molecule has 0 aliphatic heterocycles. The molecule has 4 aromatic carbocycles. The van der Waals surface area contributed by atoms with Crippen LogP contribution in [0.1, 0.15) is 5.56 Å². The Hall–Kier alpha value is -3.68. The summed E-state index contributed by atoms with van der Waals surface area (Å²) in [5.74, 6) is -0.516. The molecule has 35 heavy (non-hydrogen) atoms. The molecule has 5 nitrogen and oxygen atoms in total. The first-order valence-electron chi connectivity index (χ1n) is 11.3. The lowest BCUT2D eigenvalue weighted by molar-refractivity contribution is 0.166. The molecule has 1 aromatic heterocycles. The smallest absolute Gasteiger partial charge is 0.264 e. The number of hydrogen-bond donors (Lipinski definition) is 1. The van der Waals surface area contributed by atoms with Crippen molar-refractivity contribution in [2.24, 2.45) is 0 Å². The van der Waals surface area contributed by atoms with Gasteiger partial charge in [-0.25, -0.2) is 12.8 Å². The first kappa shape index (κ1) is 23.1. The van der Waals surface area contributed by atoms with Crippen LogP contribution in [-0.4, -0.2) is 30.7 Å². The largest absolute Gasteiger partial charge is 0.389 e. The molecular weight excluding hydrogens is 463 g/mol. The number of aryl methyl sites for hydroxylation is 1. The highest BCUT2D eigenvalue weighted by Gasteiger charge is 2.28. The summed E-state index contributed by atoms with van der Waals surface area (Å²) in [5.41, 5.74) is 3.16. The van der Waals surface area contributed by atoms with E-state index in [4.69, 9.17) is 0 Å². The van der Waals surface area contributed by atoms with Crippen molar-refractivity contribution in [2.45, 2.75) is 24.5 Å². The molecule has 1 atom stereocenters. The Morgan fingerprint density at radius 2 is 1.37 bits per heavy atom. The van der Waals surface area contributed by atoms with Crippen LogP contribution < -0.4 is 4.31 Å². The summed E-state index contributed by atoms with van der Waals surface area (Å²) in [6.07, 6.45) is -1.01. The highest BCUT2D eigenvalue weighted by Crippen LogP contribution is 2.30. The standard InChI is InChI=1S/C28H25FN2O3S/c1-20-8-2-5-11-26(20)31(35(33,34)23-16-14-21(29)15-17-23)19-22(32)18-30-27-12-6-3-9-24(27)25-10-4-7-13-28(25)30/h2-17,22,32H,18-19H2,1H3. The van der Waals surface area contributed by atoms with Crippen molar-refractivity contribution in [2.75, 3.05) is 10.8 Å². The third-order valence-corrected chi connectivity index (χ3v) is 8.03. The molecule has 0 aliphatic rings. The fraction of sp³-hybridized carbons (Fsp3) is 0.143. The summed E-state index contributed by atoms with van der Waals surface area (Å²) in [7, 11) is -4.05. The van der Waals surface area contributed by atoms with Crippen LogP contribution in [0.4, 0.5) is 10.1 Å². The Balaban J connectivity index is 1.54. The lowest BCUT2D eigenvalue weighted by Crippen LogP contribution is -2.39. The Bertz CT molecular complexity index is 1560. The summed E-state index contributed by atoms with van der Waals surface area (Å²) in [5, 5.41) is 13.4. The summed E-state index contributed by atoms with van der Waals surface area (Å²) >= 11 is 0. The Morgan fingerprint density at radius 3 is 1.97 bits per heavy atom. The van der Waals surface area contributed by atoms with Crippen LogP contribution >= 0.6 is 0 Å². The van der Waals surface area contributed by atoms with E-state index in [0.29, 0.717) is 5.69 Å². The van der Waals surface area contributed by atoms with Crippen molar-refractivity contribution < 1.29 is 17.9 Å². The Labute approximate surface area is 203 Å². The number of aromatic nitrogens is 1. The highest BCUT2D eigenvalue weighted by molar-refractivity contribution is 7.92. The quantitative estimate of drug-likeness (QED) is 0.329. The minimum atomic E-state index is -4.05. The van der Waals surface area contributed by atoms with Crippen LogP contribution in [0.2, 0.25) is 0 Å². The molecule has 0 amide bonds. The maximum atomic E-state index is 13.6. The van der Waals surface area contributed by atoms with E-state index in [1.54, 1.807) is 12.1 Å². The van der Waals surface area contributed by atoms with E-state index < -0.39 is 21.9 Å². The van der Waals surface area contributed by atoms with Crippen molar-refractivity contribution in [3.63, 3.8) is 0 Å². The fourth-order valence-electron chi connectivity index (χ4n) is 4.56. The number of benzene rings is 4. The van der Waals surface area contributed by atoms with Crippen LogP contribution in [0.25, 0.3) is 21.8 Å². The predicted molar refractivity (Wildman–Crippen MR) is 138 cm³/mol. The first-order valence-corrected chi connectivity index (χ1v) is 12.8. The van der Waals surface area contributed by atoms with Crippen molar-refractivity contribution >= 4 is 37.5 Å². The zero-order valence-corrected chi connectivity index (χ0v) is 20.0. The fourth-order valence-corrected chi connectivity index (χ4v) is 6.13. The summed E-state index contributed by atoms with van der Waals surface area (Å²) in [4.78, 5) is -0.0359. The van der Waals surface area contributed by atoms with Gasteiger partial charge in [-0.1, -0.05) is 54.6 Å². The molecule has 0 bridgehead atoms. The van der Waals surface area contributed by atoms with Crippen molar-refractivity contribution in [3.05, 3.63) is 108 Å². The van der Waals surface area contributed by atoms with Gasteiger partial charge in [0.05, 0.1) is 29.8 Å². The van der Waals surface area contributed by atoms with E-state index in [1.807, 2.05) is 72.2 Å². The molecule has 0 saturated heterocycles. The van der Waals surface area contributed by atoms with Gasteiger partial charge in [0.1, 0.15) is 5.82 Å². The topological polar surface area (TPSA) is 62.5 Å². The van der Waals surface area contributed by atoms with Gasteiger partial charge in [-0.05, 0) is 55.0 Å².